The minimum atomic E-state index is 0. The van der Waals surface area contributed by atoms with E-state index in [1.54, 1.807) is 28.8 Å². The molecule has 1 saturated heterocycles. The van der Waals surface area contributed by atoms with Crippen LogP contribution in [0.1, 0.15) is 16.1 Å². The molecule has 0 unspecified atom stereocenters. The van der Waals surface area contributed by atoms with E-state index in [1.807, 2.05) is 17.9 Å². The van der Waals surface area contributed by atoms with Crippen LogP contribution in [0.3, 0.4) is 0 Å². The third-order valence-corrected chi connectivity index (χ3v) is 4.39. The van der Waals surface area contributed by atoms with Crippen molar-refractivity contribution >= 4 is 48.0 Å². The summed E-state index contributed by atoms with van der Waals surface area (Å²) in [6, 6.07) is 9.11. The first-order chi connectivity index (χ1) is 12.1. The molecule has 27 heavy (non-hydrogen) atoms. The number of anilines is 2. The molecule has 4 rings (SSSR count). The lowest BCUT2D eigenvalue weighted by atomic mass is 10.1. The highest BCUT2D eigenvalue weighted by Crippen LogP contribution is 2.19. The van der Waals surface area contributed by atoms with Crippen LogP contribution in [0.4, 0.5) is 11.5 Å². The molecule has 2 N–H and O–H groups in total. The van der Waals surface area contributed by atoms with E-state index in [2.05, 4.69) is 20.0 Å². The first-order valence-electron chi connectivity index (χ1n) is 8.19. The second kappa shape index (κ2) is 8.41. The van der Waals surface area contributed by atoms with E-state index < -0.39 is 0 Å². The highest BCUT2D eigenvalue weighted by molar-refractivity contribution is 5.95. The van der Waals surface area contributed by atoms with Crippen molar-refractivity contribution in [2.24, 2.45) is 0 Å². The van der Waals surface area contributed by atoms with Gasteiger partial charge in [0.1, 0.15) is 12.1 Å². The van der Waals surface area contributed by atoms with E-state index >= 15 is 0 Å². The number of halogens is 2. The van der Waals surface area contributed by atoms with Crippen LogP contribution >= 0.6 is 24.8 Å². The van der Waals surface area contributed by atoms with Crippen molar-refractivity contribution in [3.05, 3.63) is 47.9 Å². The van der Waals surface area contributed by atoms with Gasteiger partial charge in [0.25, 0.3) is 11.7 Å². The summed E-state index contributed by atoms with van der Waals surface area (Å²) in [4.78, 5) is 25.2. The molecule has 1 aromatic carbocycles. The number of nitrogens with zero attached hydrogens (tertiary/aromatic N) is 6. The lowest BCUT2D eigenvalue weighted by Crippen LogP contribution is -2.49. The molecular weight excluding hydrogens is 389 g/mol. The average molecular weight is 410 g/mol. The van der Waals surface area contributed by atoms with Gasteiger partial charge in [0.2, 0.25) is 0 Å². The third kappa shape index (κ3) is 4.06. The quantitative estimate of drug-likeness (QED) is 0.648. The Kier molecular flexibility index (Phi) is 6.45. The Balaban J connectivity index is 0.00000131. The van der Waals surface area contributed by atoms with Gasteiger partial charge in [-0.1, -0.05) is 6.07 Å². The standard InChI is InChI=1S/C17H19N7O.2ClH/c1-12-9-15(24-17(21-12)19-11-20-24)22-5-7-23(8-6-22)16(25)13-3-2-4-14(18)10-13;;/h2-4,9-11H,5-8,18H2,1H3;2*1H. The molecular formula is C17H21Cl2N7O. The number of aryl methyl sites for hydroxylation is 1. The Morgan fingerprint density at radius 2 is 1.85 bits per heavy atom. The summed E-state index contributed by atoms with van der Waals surface area (Å²) in [6.45, 7) is 4.69. The number of rotatable bonds is 2. The summed E-state index contributed by atoms with van der Waals surface area (Å²) in [5.74, 6) is 1.56. The largest absolute Gasteiger partial charge is 0.399 e. The van der Waals surface area contributed by atoms with Crippen LogP contribution in [-0.4, -0.2) is 56.6 Å². The SMILES string of the molecule is Cc1cc(N2CCN(C(=O)c3cccc(N)c3)CC2)n2ncnc2n1.Cl.Cl. The van der Waals surface area contributed by atoms with Crippen molar-refractivity contribution in [3.63, 3.8) is 0 Å². The molecule has 0 aliphatic carbocycles. The fraction of sp³-hybridized carbons (Fsp3) is 0.294. The number of piperazine rings is 1. The van der Waals surface area contributed by atoms with E-state index in [0.717, 1.165) is 24.6 Å². The monoisotopic (exact) mass is 409 g/mol. The number of aromatic nitrogens is 4. The summed E-state index contributed by atoms with van der Waals surface area (Å²) in [7, 11) is 0. The minimum Gasteiger partial charge on any atom is -0.399 e. The Morgan fingerprint density at radius 1 is 1.11 bits per heavy atom. The lowest BCUT2D eigenvalue weighted by Gasteiger charge is -2.36. The predicted molar refractivity (Wildman–Crippen MR) is 109 cm³/mol. The molecule has 0 bridgehead atoms. The van der Waals surface area contributed by atoms with Gasteiger partial charge >= 0.3 is 0 Å². The van der Waals surface area contributed by atoms with Crippen LogP contribution in [0, 0.1) is 6.92 Å². The van der Waals surface area contributed by atoms with Gasteiger partial charge < -0.3 is 15.5 Å². The molecule has 1 aliphatic heterocycles. The van der Waals surface area contributed by atoms with Gasteiger partial charge in [0.15, 0.2) is 0 Å². The smallest absolute Gasteiger partial charge is 0.254 e. The third-order valence-electron chi connectivity index (χ3n) is 4.39. The predicted octanol–water partition coefficient (Wildman–Crippen LogP) is 1.82. The maximum absolute atomic E-state index is 12.6. The van der Waals surface area contributed by atoms with E-state index in [4.69, 9.17) is 5.73 Å². The first-order valence-corrected chi connectivity index (χ1v) is 8.19. The van der Waals surface area contributed by atoms with Gasteiger partial charge in [-0.25, -0.2) is 4.98 Å². The molecule has 1 amide bonds. The molecule has 10 heteroatoms. The van der Waals surface area contributed by atoms with E-state index in [9.17, 15) is 4.79 Å². The Morgan fingerprint density at radius 3 is 2.56 bits per heavy atom. The van der Waals surface area contributed by atoms with Gasteiger partial charge in [-0.05, 0) is 25.1 Å². The number of nitrogens with two attached hydrogens (primary N) is 1. The Hall–Kier alpha value is -2.58. The number of amides is 1. The van der Waals surface area contributed by atoms with Crippen molar-refractivity contribution in [1.29, 1.82) is 0 Å². The van der Waals surface area contributed by atoms with E-state index in [0.29, 0.717) is 30.1 Å². The zero-order chi connectivity index (χ0) is 17.4. The van der Waals surface area contributed by atoms with E-state index in [-0.39, 0.29) is 30.7 Å². The summed E-state index contributed by atoms with van der Waals surface area (Å²) >= 11 is 0. The fourth-order valence-corrected chi connectivity index (χ4v) is 3.13. The van der Waals surface area contributed by atoms with Crippen LogP contribution in [0.25, 0.3) is 5.78 Å². The molecule has 2 aromatic heterocycles. The van der Waals surface area contributed by atoms with Gasteiger partial charge in [0, 0.05) is 49.2 Å². The number of carbonyl (C=O) groups excluding carboxylic acids is 1. The molecule has 0 saturated carbocycles. The molecule has 8 nitrogen and oxygen atoms in total. The molecule has 3 heterocycles. The van der Waals surface area contributed by atoms with Crippen LogP contribution in [0.2, 0.25) is 0 Å². The van der Waals surface area contributed by atoms with Crippen molar-refractivity contribution in [2.75, 3.05) is 36.8 Å². The van der Waals surface area contributed by atoms with Gasteiger partial charge in [-0.2, -0.15) is 14.6 Å². The second-order valence-electron chi connectivity index (χ2n) is 6.13. The van der Waals surface area contributed by atoms with Gasteiger partial charge in [-0.15, -0.1) is 24.8 Å². The number of benzene rings is 1. The Labute approximate surface area is 169 Å². The van der Waals surface area contributed by atoms with Crippen LogP contribution < -0.4 is 10.6 Å². The van der Waals surface area contributed by atoms with Crippen LogP contribution in [0.15, 0.2) is 36.7 Å². The molecule has 0 spiro atoms. The van der Waals surface area contributed by atoms with Gasteiger partial charge in [0.05, 0.1) is 0 Å². The summed E-state index contributed by atoms with van der Waals surface area (Å²) in [5, 5.41) is 4.25. The summed E-state index contributed by atoms with van der Waals surface area (Å²) < 4.78 is 1.74. The summed E-state index contributed by atoms with van der Waals surface area (Å²) in [6.07, 6.45) is 1.50. The van der Waals surface area contributed by atoms with Crippen LogP contribution in [0.5, 0.6) is 0 Å². The number of nitrogen functional groups attached to an aromatic ring is 1. The first kappa shape index (κ1) is 20.7. The van der Waals surface area contributed by atoms with Crippen molar-refractivity contribution < 1.29 is 4.79 Å². The number of carbonyl (C=O) groups is 1. The van der Waals surface area contributed by atoms with Crippen molar-refractivity contribution in [1.82, 2.24) is 24.5 Å². The molecule has 1 aliphatic rings. The highest BCUT2D eigenvalue weighted by atomic mass is 35.5. The normalized spacial score (nSPS) is 13.8. The molecule has 1 fully saturated rings. The molecule has 144 valence electrons. The lowest BCUT2D eigenvalue weighted by molar-refractivity contribution is 0.0746. The molecule has 0 atom stereocenters. The highest BCUT2D eigenvalue weighted by Gasteiger charge is 2.24. The zero-order valence-electron chi connectivity index (χ0n) is 14.8. The fourth-order valence-electron chi connectivity index (χ4n) is 3.13. The molecule has 0 radical (unpaired) electrons. The summed E-state index contributed by atoms with van der Waals surface area (Å²) in [5.41, 5.74) is 7.91. The van der Waals surface area contributed by atoms with Crippen molar-refractivity contribution in [3.8, 4) is 0 Å². The molecule has 3 aromatic rings. The zero-order valence-corrected chi connectivity index (χ0v) is 16.4. The number of hydrogen-bond acceptors (Lipinski definition) is 6. The minimum absolute atomic E-state index is 0. The number of hydrogen-bond donors (Lipinski definition) is 1. The van der Waals surface area contributed by atoms with E-state index in [1.165, 1.54) is 6.33 Å². The average Bonchev–Trinajstić information content (AvgIpc) is 3.09. The van der Waals surface area contributed by atoms with Gasteiger partial charge in [-0.3, -0.25) is 4.79 Å². The maximum atomic E-state index is 12.6. The second-order valence-corrected chi connectivity index (χ2v) is 6.13. The number of fused-ring (bicyclic) bond motifs is 1. The maximum Gasteiger partial charge on any atom is 0.254 e. The van der Waals surface area contributed by atoms with Crippen molar-refractivity contribution in [2.45, 2.75) is 6.92 Å². The topological polar surface area (TPSA) is 92.7 Å². The van der Waals surface area contributed by atoms with Crippen LogP contribution in [-0.2, 0) is 0 Å². The Bertz CT molecular complexity index is 938.